The Kier molecular flexibility index (Phi) is 4.73. The van der Waals surface area contributed by atoms with Gasteiger partial charge in [0, 0.05) is 13.1 Å². The molecule has 0 spiro atoms. The Bertz CT molecular complexity index is 795. The van der Waals surface area contributed by atoms with Crippen molar-refractivity contribution in [1.29, 1.82) is 5.26 Å². The van der Waals surface area contributed by atoms with Gasteiger partial charge in [0.05, 0.1) is 41.8 Å². The second kappa shape index (κ2) is 7.11. The zero-order chi connectivity index (χ0) is 16.9. The third-order valence-electron chi connectivity index (χ3n) is 3.85. The lowest BCUT2D eigenvalue weighted by molar-refractivity contribution is 0.102. The molecule has 3 rings (SSSR count). The molecule has 1 aliphatic rings. The summed E-state index contributed by atoms with van der Waals surface area (Å²) in [5, 5.41) is 11.5. The Hall–Kier alpha value is -2.91. The van der Waals surface area contributed by atoms with Gasteiger partial charge in [-0.05, 0) is 30.3 Å². The predicted octanol–water partition coefficient (Wildman–Crippen LogP) is 2.79. The molecule has 0 atom stereocenters. The molecule has 0 aromatic heterocycles. The van der Waals surface area contributed by atoms with Crippen LogP contribution in [0.1, 0.15) is 15.9 Å². The smallest absolute Gasteiger partial charge is 0.258 e. The highest BCUT2D eigenvalue weighted by atomic mass is 19.1. The van der Waals surface area contributed by atoms with Gasteiger partial charge < -0.3 is 15.0 Å². The standard InChI is InChI=1S/C18H16FN3O2/c19-15-11-13(12-20)5-6-14(15)18(23)21-16-3-1-2-4-17(16)22-7-9-24-10-8-22/h1-6,11H,7-10H2,(H,21,23). The number of anilines is 2. The Morgan fingerprint density at radius 3 is 2.67 bits per heavy atom. The molecule has 1 fully saturated rings. The zero-order valence-corrected chi connectivity index (χ0v) is 13.0. The van der Waals surface area contributed by atoms with E-state index in [1.54, 1.807) is 6.07 Å². The van der Waals surface area contributed by atoms with E-state index in [1.165, 1.54) is 12.1 Å². The van der Waals surface area contributed by atoms with Gasteiger partial charge in [-0.15, -0.1) is 0 Å². The molecule has 0 radical (unpaired) electrons. The van der Waals surface area contributed by atoms with E-state index in [4.69, 9.17) is 10.00 Å². The van der Waals surface area contributed by atoms with E-state index in [0.717, 1.165) is 24.8 Å². The summed E-state index contributed by atoms with van der Waals surface area (Å²) < 4.78 is 19.4. The summed E-state index contributed by atoms with van der Waals surface area (Å²) >= 11 is 0. The monoisotopic (exact) mass is 325 g/mol. The van der Waals surface area contributed by atoms with E-state index in [2.05, 4.69) is 10.2 Å². The Morgan fingerprint density at radius 1 is 1.21 bits per heavy atom. The number of carbonyl (C=O) groups excluding carboxylic acids is 1. The minimum atomic E-state index is -0.713. The first kappa shape index (κ1) is 16.0. The third-order valence-corrected chi connectivity index (χ3v) is 3.85. The van der Waals surface area contributed by atoms with Gasteiger partial charge in [-0.3, -0.25) is 4.79 Å². The normalized spacial score (nSPS) is 14.1. The van der Waals surface area contributed by atoms with Gasteiger partial charge in [0.1, 0.15) is 5.82 Å². The fourth-order valence-corrected chi connectivity index (χ4v) is 2.62. The number of carbonyl (C=O) groups is 1. The van der Waals surface area contributed by atoms with Gasteiger partial charge in [0.2, 0.25) is 0 Å². The van der Waals surface area contributed by atoms with Crippen LogP contribution in [0.5, 0.6) is 0 Å². The maximum Gasteiger partial charge on any atom is 0.258 e. The largest absolute Gasteiger partial charge is 0.378 e. The van der Waals surface area contributed by atoms with Crippen LogP contribution in [0.3, 0.4) is 0 Å². The molecule has 1 aliphatic heterocycles. The number of halogens is 1. The summed E-state index contributed by atoms with van der Waals surface area (Å²) in [6, 6.07) is 13.0. The number of hydrogen-bond donors (Lipinski definition) is 1. The van der Waals surface area contributed by atoms with Crippen LogP contribution in [0.2, 0.25) is 0 Å². The summed E-state index contributed by atoms with van der Waals surface area (Å²) in [7, 11) is 0. The molecule has 5 nitrogen and oxygen atoms in total. The molecule has 0 aliphatic carbocycles. The van der Waals surface area contributed by atoms with Crippen molar-refractivity contribution in [3.63, 3.8) is 0 Å². The number of rotatable bonds is 3. The molecule has 1 amide bonds. The number of benzene rings is 2. The van der Waals surface area contributed by atoms with Crippen molar-refractivity contribution in [2.45, 2.75) is 0 Å². The van der Waals surface area contributed by atoms with Crippen LogP contribution < -0.4 is 10.2 Å². The maximum atomic E-state index is 14.0. The van der Waals surface area contributed by atoms with Crippen LogP contribution in [0.15, 0.2) is 42.5 Å². The molecule has 2 aromatic carbocycles. The molecule has 1 N–H and O–H groups in total. The lowest BCUT2D eigenvalue weighted by Gasteiger charge is -2.30. The van der Waals surface area contributed by atoms with E-state index in [1.807, 2.05) is 24.3 Å². The molecular weight excluding hydrogens is 309 g/mol. The fourth-order valence-electron chi connectivity index (χ4n) is 2.62. The number of nitrogens with one attached hydrogen (secondary N) is 1. The van der Waals surface area contributed by atoms with E-state index in [9.17, 15) is 9.18 Å². The summed E-state index contributed by atoms with van der Waals surface area (Å²) in [5.41, 5.74) is 1.58. The first-order valence-corrected chi connectivity index (χ1v) is 7.62. The zero-order valence-electron chi connectivity index (χ0n) is 13.0. The number of nitrogens with zero attached hydrogens (tertiary/aromatic N) is 2. The SMILES string of the molecule is N#Cc1ccc(C(=O)Nc2ccccc2N2CCOCC2)c(F)c1. The van der Waals surface area contributed by atoms with Gasteiger partial charge in [-0.2, -0.15) is 5.26 Å². The quantitative estimate of drug-likeness (QED) is 0.942. The minimum Gasteiger partial charge on any atom is -0.378 e. The van der Waals surface area contributed by atoms with Gasteiger partial charge in [-0.25, -0.2) is 4.39 Å². The maximum absolute atomic E-state index is 14.0. The second-order valence-electron chi connectivity index (χ2n) is 5.38. The van der Waals surface area contributed by atoms with Crippen molar-refractivity contribution in [3.8, 4) is 6.07 Å². The number of ether oxygens (including phenoxy) is 1. The predicted molar refractivity (Wildman–Crippen MR) is 88.5 cm³/mol. The van der Waals surface area contributed by atoms with E-state index in [-0.39, 0.29) is 11.1 Å². The molecule has 2 aromatic rings. The van der Waals surface area contributed by atoms with Crippen LogP contribution in [-0.4, -0.2) is 32.2 Å². The highest BCUT2D eigenvalue weighted by Gasteiger charge is 2.18. The molecular formula is C18H16FN3O2. The van der Waals surface area contributed by atoms with Gasteiger partial charge in [-0.1, -0.05) is 12.1 Å². The van der Waals surface area contributed by atoms with Gasteiger partial charge in [0.15, 0.2) is 0 Å². The van der Waals surface area contributed by atoms with Crippen LogP contribution in [-0.2, 0) is 4.74 Å². The molecule has 0 saturated carbocycles. The number of morpholine rings is 1. The number of amides is 1. The molecule has 0 bridgehead atoms. The van der Waals surface area contributed by atoms with E-state index < -0.39 is 11.7 Å². The van der Waals surface area contributed by atoms with Crippen molar-refractivity contribution >= 4 is 17.3 Å². The average molecular weight is 325 g/mol. The second-order valence-corrected chi connectivity index (χ2v) is 5.38. The average Bonchev–Trinajstić information content (AvgIpc) is 2.62. The van der Waals surface area contributed by atoms with Crippen molar-refractivity contribution < 1.29 is 13.9 Å². The highest BCUT2D eigenvalue weighted by Crippen LogP contribution is 2.27. The van der Waals surface area contributed by atoms with E-state index >= 15 is 0 Å². The molecule has 0 unspecified atom stereocenters. The Balaban J connectivity index is 1.83. The van der Waals surface area contributed by atoms with Crippen LogP contribution in [0.4, 0.5) is 15.8 Å². The molecule has 122 valence electrons. The van der Waals surface area contributed by atoms with Crippen molar-refractivity contribution in [2.75, 3.05) is 36.5 Å². The van der Waals surface area contributed by atoms with E-state index in [0.29, 0.717) is 18.9 Å². The Labute approximate surface area is 139 Å². The number of para-hydroxylation sites is 2. The van der Waals surface area contributed by atoms with Crippen molar-refractivity contribution in [1.82, 2.24) is 0 Å². The first-order chi connectivity index (χ1) is 11.7. The Morgan fingerprint density at radius 2 is 1.96 bits per heavy atom. The summed E-state index contributed by atoms with van der Waals surface area (Å²) in [6.45, 7) is 2.73. The minimum absolute atomic E-state index is 0.0919. The summed E-state index contributed by atoms with van der Waals surface area (Å²) in [6.07, 6.45) is 0. The van der Waals surface area contributed by atoms with Crippen LogP contribution in [0.25, 0.3) is 0 Å². The third kappa shape index (κ3) is 3.36. The lowest BCUT2D eigenvalue weighted by atomic mass is 10.1. The van der Waals surface area contributed by atoms with Gasteiger partial charge in [0.25, 0.3) is 5.91 Å². The molecule has 6 heteroatoms. The summed E-state index contributed by atoms with van der Waals surface area (Å²) in [5.74, 6) is -1.26. The first-order valence-electron chi connectivity index (χ1n) is 7.62. The summed E-state index contributed by atoms with van der Waals surface area (Å²) in [4.78, 5) is 14.5. The van der Waals surface area contributed by atoms with Crippen molar-refractivity contribution in [3.05, 3.63) is 59.4 Å². The highest BCUT2D eigenvalue weighted by molar-refractivity contribution is 6.06. The van der Waals surface area contributed by atoms with Crippen LogP contribution >= 0.6 is 0 Å². The van der Waals surface area contributed by atoms with Crippen LogP contribution in [0, 0.1) is 17.1 Å². The van der Waals surface area contributed by atoms with Crippen molar-refractivity contribution in [2.24, 2.45) is 0 Å². The van der Waals surface area contributed by atoms with Gasteiger partial charge >= 0.3 is 0 Å². The molecule has 1 heterocycles. The topological polar surface area (TPSA) is 65.4 Å². The molecule has 1 saturated heterocycles. The fraction of sp³-hybridized carbons (Fsp3) is 0.222. The number of nitriles is 1. The molecule has 24 heavy (non-hydrogen) atoms. The number of hydrogen-bond acceptors (Lipinski definition) is 4. The lowest BCUT2D eigenvalue weighted by Crippen LogP contribution is -2.36.